The summed E-state index contributed by atoms with van der Waals surface area (Å²) in [6.45, 7) is 11.0. The second-order valence-electron chi connectivity index (χ2n) is 15.8. The lowest BCUT2D eigenvalue weighted by Gasteiger charge is -2.72. The van der Waals surface area contributed by atoms with E-state index in [2.05, 4.69) is 19.9 Å². The van der Waals surface area contributed by atoms with Gasteiger partial charge in [0.05, 0.1) is 23.7 Å². The molecule has 0 aliphatic heterocycles. The first-order valence-corrected chi connectivity index (χ1v) is 18.2. The molecule has 0 saturated heterocycles. The number of aliphatic hydroxyl groups excluding tert-OH is 1. The van der Waals surface area contributed by atoms with E-state index in [1.165, 1.54) is 0 Å². The van der Waals surface area contributed by atoms with Crippen LogP contribution in [0.4, 0.5) is 0 Å². The zero-order valence-corrected chi connectivity index (χ0v) is 27.9. The first kappa shape index (κ1) is 34.2. The van der Waals surface area contributed by atoms with Crippen molar-refractivity contribution in [2.24, 2.45) is 50.7 Å². The van der Waals surface area contributed by atoms with Crippen LogP contribution in [0.25, 0.3) is 0 Å². The van der Waals surface area contributed by atoms with Gasteiger partial charge < -0.3 is 15.3 Å². The molecule has 0 amide bonds. The summed E-state index contributed by atoms with van der Waals surface area (Å²) in [6.07, 6.45) is 2.92. The molecule has 4 fully saturated rings. The maximum absolute atomic E-state index is 12.9. The van der Waals surface area contributed by atoms with Crippen LogP contribution in [-0.2, 0) is 34.0 Å². The Morgan fingerprint density at radius 2 is 1.59 bits per heavy atom. The molecular weight excluding hydrogens is 616 g/mol. The second-order valence-corrected chi connectivity index (χ2v) is 17.9. The SMILES string of the molecule is C[C@@H]1CC[C@]2(C(=O)O)CC[C@]3(C)C(=CCC4[C@@]5(C)C[C@@H](O)[C@H](OS(=O)(=O)O)[C@@](C)(COS(=O)(=O)O)C5CC[C@]43C)C2[C@]1(C)O. The van der Waals surface area contributed by atoms with Gasteiger partial charge in [-0.15, -0.1) is 0 Å². The number of rotatable bonds is 6. The molecule has 44 heavy (non-hydrogen) atoms. The standard InChI is InChI=1S/C30H48O12S2/c1-17-9-12-30(24(32)33)14-13-27(4)18(22(30)29(17,6)34)7-8-21-25(2)15-19(31)23(42-44(38,39)40)26(3,16-41-43(35,36)37)20(25)10-11-28(21,27)5/h7,17,19-23,31,34H,8-16H2,1-6H3,(H,32,33)(H,35,36,37)(H,38,39,40)/t17-,19-,20?,21?,22?,23+,25+,26+,27-,28-,29-,30+/m1/s1. The van der Waals surface area contributed by atoms with Gasteiger partial charge in [0.15, 0.2) is 0 Å². The minimum atomic E-state index is -5.05. The maximum atomic E-state index is 12.9. The monoisotopic (exact) mass is 664 g/mol. The molecule has 0 radical (unpaired) electrons. The highest BCUT2D eigenvalue weighted by Crippen LogP contribution is 2.76. The van der Waals surface area contributed by atoms with Crippen molar-refractivity contribution in [3.63, 3.8) is 0 Å². The molecule has 0 bridgehead atoms. The van der Waals surface area contributed by atoms with Crippen molar-refractivity contribution in [2.45, 2.75) is 111 Å². The van der Waals surface area contributed by atoms with Gasteiger partial charge in [-0.25, -0.2) is 8.37 Å². The van der Waals surface area contributed by atoms with Gasteiger partial charge in [0.25, 0.3) is 0 Å². The van der Waals surface area contributed by atoms with Crippen LogP contribution in [0.5, 0.6) is 0 Å². The van der Waals surface area contributed by atoms with Crippen molar-refractivity contribution in [2.75, 3.05) is 6.61 Å². The summed E-state index contributed by atoms with van der Waals surface area (Å²) in [7, 11) is -9.98. The van der Waals surface area contributed by atoms with Gasteiger partial charge in [0, 0.05) is 11.3 Å². The quantitative estimate of drug-likeness (QED) is 0.203. The Hall–Kier alpha value is -1.13. The van der Waals surface area contributed by atoms with Gasteiger partial charge >= 0.3 is 26.8 Å². The van der Waals surface area contributed by atoms with E-state index in [9.17, 15) is 46.1 Å². The normalized spacial score (nSPS) is 50.8. The highest BCUT2D eigenvalue weighted by atomic mass is 32.3. The lowest BCUT2D eigenvalue weighted by atomic mass is 9.33. The molecular formula is C30H48O12S2. The predicted molar refractivity (Wildman–Crippen MR) is 158 cm³/mol. The van der Waals surface area contributed by atoms with E-state index in [1.54, 1.807) is 13.8 Å². The van der Waals surface area contributed by atoms with Crippen LogP contribution in [-0.4, -0.2) is 71.6 Å². The van der Waals surface area contributed by atoms with Crippen LogP contribution >= 0.6 is 0 Å². The summed E-state index contributed by atoms with van der Waals surface area (Å²) in [4.78, 5) is 12.9. The van der Waals surface area contributed by atoms with Gasteiger partial charge in [0.2, 0.25) is 0 Å². The molecule has 5 aliphatic carbocycles. The number of hydrogen-bond donors (Lipinski definition) is 5. The van der Waals surface area contributed by atoms with E-state index in [0.29, 0.717) is 44.9 Å². The van der Waals surface area contributed by atoms with Gasteiger partial charge in [-0.05, 0) is 92.3 Å². The van der Waals surface area contributed by atoms with E-state index in [0.717, 1.165) is 5.57 Å². The summed E-state index contributed by atoms with van der Waals surface area (Å²) in [6, 6.07) is 0. The van der Waals surface area contributed by atoms with Crippen molar-refractivity contribution in [1.29, 1.82) is 0 Å². The minimum Gasteiger partial charge on any atom is -0.481 e. The second kappa shape index (κ2) is 10.2. The Kier molecular flexibility index (Phi) is 7.92. The fraction of sp³-hybridized carbons (Fsp3) is 0.900. The van der Waals surface area contributed by atoms with E-state index >= 15 is 0 Å². The maximum Gasteiger partial charge on any atom is 0.397 e. The number of allylic oxidation sites excluding steroid dienone is 1. The molecule has 0 aromatic heterocycles. The van der Waals surface area contributed by atoms with Gasteiger partial charge in [0.1, 0.15) is 6.10 Å². The van der Waals surface area contributed by atoms with Crippen molar-refractivity contribution < 1.29 is 54.4 Å². The van der Waals surface area contributed by atoms with Crippen molar-refractivity contribution in [3.8, 4) is 0 Å². The third-order valence-corrected chi connectivity index (χ3v) is 14.8. The van der Waals surface area contributed by atoms with Crippen LogP contribution in [0.15, 0.2) is 11.6 Å². The molecule has 5 N–H and O–H groups in total. The molecule has 0 aromatic carbocycles. The summed E-state index contributed by atoms with van der Waals surface area (Å²) in [5, 5.41) is 34.0. The molecule has 12 atom stereocenters. The smallest absolute Gasteiger partial charge is 0.397 e. The molecule has 252 valence electrons. The first-order valence-electron chi connectivity index (χ1n) is 15.5. The number of carboxylic acid groups (broad SMARTS) is 1. The van der Waals surface area contributed by atoms with Gasteiger partial charge in [-0.2, -0.15) is 16.8 Å². The molecule has 5 rings (SSSR count). The average Bonchev–Trinajstić information content (AvgIpc) is 2.87. The van der Waals surface area contributed by atoms with Crippen LogP contribution in [0.3, 0.4) is 0 Å². The Bertz CT molecular complexity index is 1460. The van der Waals surface area contributed by atoms with Crippen molar-refractivity contribution >= 4 is 26.8 Å². The predicted octanol–water partition coefficient (Wildman–Crippen LogP) is 3.80. The Morgan fingerprint density at radius 1 is 0.955 bits per heavy atom. The Morgan fingerprint density at radius 3 is 2.16 bits per heavy atom. The third-order valence-electron chi connectivity index (χ3n) is 13.9. The van der Waals surface area contributed by atoms with Crippen molar-refractivity contribution in [1.82, 2.24) is 0 Å². The minimum absolute atomic E-state index is 0.0933. The largest absolute Gasteiger partial charge is 0.481 e. The molecule has 0 aromatic rings. The lowest BCUT2D eigenvalue weighted by Crippen LogP contribution is -2.70. The topological polar surface area (TPSA) is 205 Å². The van der Waals surface area contributed by atoms with E-state index in [4.69, 9.17) is 8.37 Å². The summed E-state index contributed by atoms with van der Waals surface area (Å²) >= 11 is 0. The zero-order chi connectivity index (χ0) is 33.1. The average molecular weight is 665 g/mol. The summed E-state index contributed by atoms with van der Waals surface area (Å²) in [5.41, 5.74) is -4.42. The number of aliphatic carboxylic acids is 1. The summed E-state index contributed by atoms with van der Waals surface area (Å²) < 4.78 is 75.9. The molecule has 0 spiro atoms. The molecule has 4 saturated carbocycles. The fourth-order valence-corrected chi connectivity index (χ4v) is 12.5. The summed E-state index contributed by atoms with van der Waals surface area (Å²) in [5.74, 6) is -2.12. The molecule has 0 heterocycles. The number of carbonyl (C=O) groups is 1. The third kappa shape index (κ3) is 4.76. The van der Waals surface area contributed by atoms with Gasteiger partial charge in [-0.1, -0.05) is 46.3 Å². The van der Waals surface area contributed by atoms with E-state index in [1.807, 2.05) is 13.8 Å². The van der Waals surface area contributed by atoms with Crippen LogP contribution in [0.1, 0.15) is 92.9 Å². The number of fused-ring (bicyclic) bond motifs is 7. The van der Waals surface area contributed by atoms with Crippen LogP contribution < -0.4 is 0 Å². The first-order chi connectivity index (χ1) is 19.9. The van der Waals surface area contributed by atoms with Crippen LogP contribution in [0.2, 0.25) is 0 Å². The highest BCUT2D eigenvalue weighted by Gasteiger charge is 2.72. The molecule has 14 heteroatoms. The number of carboxylic acids is 1. The van der Waals surface area contributed by atoms with Crippen molar-refractivity contribution in [3.05, 3.63) is 11.6 Å². The van der Waals surface area contributed by atoms with E-state index < -0.39 is 90.1 Å². The Balaban J connectivity index is 1.63. The van der Waals surface area contributed by atoms with E-state index in [-0.39, 0.29) is 18.3 Å². The van der Waals surface area contributed by atoms with Crippen LogP contribution in [0, 0.1) is 50.7 Å². The number of hydrogen-bond acceptors (Lipinski definition) is 9. The molecule has 12 nitrogen and oxygen atoms in total. The highest BCUT2D eigenvalue weighted by molar-refractivity contribution is 7.81. The van der Waals surface area contributed by atoms with Gasteiger partial charge in [-0.3, -0.25) is 13.9 Å². The zero-order valence-electron chi connectivity index (χ0n) is 26.3. The molecule has 5 aliphatic rings. The fourth-order valence-electron chi connectivity index (χ4n) is 11.5. The lowest BCUT2D eigenvalue weighted by molar-refractivity contribution is -0.241. The Labute approximate surface area is 260 Å². The molecule has 3 unspecified atom stereocenters. The number of aliphatic hydroxyl groups is 2.